The fraction of sp³-hybridized carbons (Fsp3) is 0.400. The van der Waals surface area contributed by atoms with Crippen LogP contribution in [0.5, 0.6) is 6.01 Å². The van der Waals surface area contributed by atoms with Crippen molar-refractivity contribution in [2.75, 3.05) is 11.9 Å². The molecule has 0 aliphatic carbocycles. The molecule has 1 aromatic carbocycles. The number of nitrogens with zero attached hydrogens (tertiary/aromatic N) is 3. The smallest absolute Gasteiger partial charge is 0.322 e. The van der Waals surface area contributed by atoms with E-state index in [0.29, 0.717) is 17.3 Å². The molecule has 0 unspecified atom stereocenters. The first kappa shape index (κ1) is 15.2. The van der Waals surface area contributed by atoms with Gasteiger partial charge in [0.05, 0.1) is 6.10 Å². The highest BCUT2D eigenvalue weighted by Gasteiger charge is 2.11. The standard InChI is InChI=1S/C15H19FN4O/c1-4-8-17-14-18-13(11-6-5-7-12(16)9-11)19-15(20-14)21-10(2)3/h5-7,9-10H,4,8H2,1-3H3,(H,17,18,19,20). The summed E-state index contributed by atoms with van der Waals surface area (Å²) >= 11 is 0. The zero-order chi connectivity index (χ0) is 15.2. The summed E-state index contributed by atoms with van der Waals surface area (Å²) in [7, 11) is 0. The molecule has 0 spiro atoms. The van der Waals surface area contributed by atoms with Gasteiger partial charge in [0.15, 0.2) is 5.82 Å². The Labute approximate surface area is 123 Å². The number of benzene rings is 1. The van der Waals surface area contributed by atoms with E-state index in [2.05, 4.69) is 20.3 Å². The van der Waals surface area contributed by atoms with E-state index in [9.17, 15) is 4.39 Å². The van der Waals surface area contributed by atoms with Crippen LogP contribution in [0.25, 0.3) is 11.4 Å². The summed E-state index contributed by atoms with van der Waals surface area (Å²) in [5.74, 6) is 0.489. The van der Waals surface area contributed by atoms with E-state index in [-0.39, 0.29) is 17.9 Å². The Hall–Kier alpha value is -2.24. The number of hydrogen-bond acceptors (Lipinski definition) is 5. The van der Waals surface area contributed by atoms with Gasteiger partial charge in [0.1, 0.15) is 5.82 Å². The number of halogens is 1. The molecule has 0 amide bonds. The van der Waals surface area contributed by atoms with Crippen molar-refractivity contribution in [2.24, 2.45) is 0 Å². The van der Waals surface area contributed by atoms with E-state index in [1.807, 2.05) is 20.8 Å². The summed E-state index contributed by atoms with van der Waals surface area (Å²) < 4.78 is 18.9. The maximum absolute atomic E-state index is 13.3. The van der Waals surface area contributed by atoms with Crippen molar-refractivity contribution in [3.8, 4) is 17.4 Å². The van der Waals surface area contributed by atoms with Crippen LogP contribution in [0, 0.1) is 5.82 Å². The molecule has 1 aromatic heterocycles. The molecular weight excluding hydrogens is 271 g/mol. The van der Waals surface area contributed by atoms with Gasteiger partial charge in [-0.2, -0.15) is 15.0 Å². The average Bonchev–Trinajstić information content (AvgIpc) is 2.44. The van der Waals surface area contributed by atoms with Crippen LogP contribution < -0.4 is 10.1 Å². The first-order valence-electron chi connectivity index (χ1n) is 7.01. The Morgan fingerprint density at radius 1 is 1.24 bits per heavy atom. The molecule has 112 valence electrons. The Kier molecular flexibility index (Phi) is 5.03. The minimum atomic E-state index is -0.331. The van der Waals surface area contributed by atoms with Crippen LogP contribution in [0.2, 0.25) is 0 Å². The van der Waals surface area contributed by atoms with Gasteiger partial charge in [0.2, 0.25) is 5.95 Å². The second-order valence-corrected chi connectivity index (χ2v) is 4.87. The number of hydrogen-bond donors (Lipinski definition) is 1. The molecular formula is C15H19FN4O. The zero-order valence-corrected chi connectivity index (χ0v) is 12.4. The van der Waals surface area contributed by atoms with Gasteiger partial charge in [-0.15, -0.1) is 0 Å². The quantitative estimate of drug-likeness (QED) is 0.884. The third-order valence-corrected chi connectivity index (χ3v) is 2.57. The molecule has 0 atom stereocenters. The Morgan fingerprint density at radius 3 is 2.71 bits per heavy atom. The minimum Gasteiger partial charge on any atom is -0.461 e. The topological polar surface area (TPSA) is 59.9 Å². The first-order chi connectivity index (χ1) is 10.1. The van der Waals surface area contributed by atoms with Gasteiger partial charge in [-0.3, -0.25) is 0 Å². The van der Waals surface area contributed by atoms with Gasteiger partial charge in [0.25, 0.3) is 0 Å². The lowest BCUT2D eigenvalue weighted by molar-refractivity contribution is 0.222. The summed E-state index contributed by atoms with van der Waals surface area (Å²) in [5, 5.41) is 3.10. The molecule has 2 rings (SSSR count). The minimum absolute atomic E-state index is 0.0493. The highest BCUT2D eigenvalue weighted by atomic mass is 19.1. The van der Waals surface area contributed by atoms with E-state index < -0.39 is 0 Å². The van der Waals surface area contributed by atoms with Gasteiger partial charge < -0.3 is 10.1 Å². The summed E-state index contributed by atoms with van der Waals surface area (Å²) in [4.78, 5) is 12.8. The average molecular weight is 290 g/mol. The van der Waals surface area contributed by atoms with Crippen LogP contribution in [0.4, 0.5) is 10.3 Å². The van der Waals surface area contributed by atoms with Crippen molar-refractivity contribution < 1.29 is 9.13 Å². The van der Waals surface area contributed by atoms with Gasteiger partial charge in [-0.05, 0) is 32.4 Å². The first-order valence-corrected chi connectivity index (χ1v) is 7.01. The van der Waals surface area contributed by atoms with Crippen LogP contribution in [-0.2, 0) is 0 Å². The Bertz CT molecular complexity index is 604. The second kappa shape index (κ2) is 6.97. The van der Waals surface area contributed by atoms with Crippen LogP contribution in [0.3, 0.4) is 0 Å². The molecule has 0 fully saturated rings. The van der Waals surface area contributed by atoms with Gasteiger partial charge in [0, 0.05) is 12.1 Å². The third kappa shape index (κ3) is 4.37. The van der Waals surface area contributed by atoms with Crippen LogP contribution in [0.1, 0.15) is 27.2 Å². The van der Waals surface area contributed by atoms with E-state index >= 15 is 0 Å². The maximum Gasteiger partial charge on any atom is 0.322 e. The third-order valence-electron chi connectivity index (χ3n) is 2.57. The number of aromatic nitrogens is 3. The SMILES string of the molecule is CCCNc1nc(OC(C)C)nc(-c2cccc(F)c2)n1. The molecule has 1 N–H and O–H groups in total. The summed E-state index contributed by atoms with van der Waals surface area (Å²) in [6.45, 7) is 6.58. The van der Waals surface area contributed by atoms with Gasteiger partial charge in [-0.25, -0.2) is 4.39 Å². The van der Waals surface area contributed by atoms with Gasteiger partial charge >= 0.3 is 6.01 Å². The molecule has 0 radical (unpaired) electrons. The van der Waals surface area contributed by atoms with E-state index in [1.54, 1.807) is 12.1 Å². The fourth-order valence-electron chi connectivity index (χ4n) is 1.69. The molecule has 0 aliphatic rings. The number of ether oxygens (including phenoxy) is 1. The summed E-state index contributed by atoms with van der Waals surface area (Å²) in [6.07, 6.45) is 0.897. The van der Waals surface area contributed by atoms with E-state index in [1.165, 1.54) is 12.1 Å². The van der Waals surface area contributed by atoms with Crippen molar-refractivity contribution >= 4 is 5.95 Å². The lowest BCUT2D eigenvalue weighted by Crippen LogP contribution is -2.12. The Morgan fingerprint density at radius 2 is 2.05 bits per heavy atom. The van der Waals surface area contributed by atoms with Crippen LogP contribution in [0.15, 0.2) is 24.3 Å². The largest absolute Gasteiger partial charge is 0.461 e. The number of rotatable bonds is 6. The maximum atomic E-state index is 13.3. The van der Waals surface area contributed by atoms with Crippen molar-refractivity contribution in [3.05, 3.63) is 30.1 Å². The normalized spacial score (nSPS) is 10.7. The second-order valence-electron chi connectivity index (χ2n) is 4.87. The molecule has 0 saturated carbocycles. The van der Waals surface area contributed by atoms with E-state index in [0.717, 1.165) is 13.0 Å². The lowest BCUT2D eigenvalue weighted by Gasteiger charge is -2.11. The predicted octanol–water partition coefficient (Wildman–Crippen LogP) is 3.29. The summed E-state index contributed by atoms with van der Waals surface area (Å²) in [6, 6.07) is 6.38. The molecule has 5 nitrogen and oxygen atoms in total. The highest BCUT2D eigenvalue weighted by Crippen LogP contribution is 2.20. The van der Waals surface area contributed by atoms with Gasteiger partial charge in [-0.1, -0.05) is 19.1 Å². The molecule has 2 aromatic rings. The van der Waals surface area contributed by atoms with Crippen molar-refractivity contribution in [1.29, 1.82) is 0 Å². The van der Waals surface area contributed by atoms with Crippen molar-refractivity contribution in [1.82, 2.24) is 15.0 Å². The van der Waals surface area contributed by atoms with Crippen molar-refractivity contribution in [3.63, 3.8) is 0 Å². The lowest BCUT2D eigenvalue weighted by atomic mass is 10.2. The fourth-order valence-corrected chi connectivity index (χ4v) is 1.69. The highest BCUT2D eigenvalue weighted by molar-refractivity contribution is 5.56. The molecule has 1 heterocycles. The molecule has 21 heavy (non-hydrogen) atoms. The summed E-state index contributed by atoms with van der Waals surface area (Å²) in [5.41, 5.74) is 0.588. The predicted molar refractivity (Wildman–Crippen MR) is 79.8 cm³/mol. The van der Waals surface area contributed by atoms with E-state index in [4.69, 9.17) is 4.74 Å². The molecule has 6 heteroatoms. The number of nitrogens with one attached hydrogen (secondary N) is 1. The zero-order valence-electron chi connectivity index (χ0n) is 12.4. The van der Waals surface area contributed by atoms with Crippen LogP contribution in [-0.4, -0.2) is 27.6 Å². The molecule has 0 bridgehead atoms. The Balaban J connectivity index is 2.38. The van der Waals surface area contributed by atoms with Crippen molar-refractivity contribution in [2.45, 2.75) is 33.3 Å². The number of anilines is 1. The van der Waals surface area contributed by atoms with Crippen LogP contribution >= 0.6 is 0 Å². The monoisotopic (exact) mass is 290 g/mol. The molecule has 0 aliphatic heterocycles. The molecule has 0 saturated heterocycles.